The Labute approximate surface area is 157 Å². The molecule has 0 aliphatic carbocycles. The highest BCUT2D eigenvalue weighted by atomic mass is 16.2. The van der Waals surface area contributed by atoms with Crippen LogP contribution in [0, 0.1) is 6.92 Å². The second-order valence-corrected chi connectivity index (χ2v) is 7.31. The Morgan fingerprint density at radius 1 is 1.37 bits per heavy atom. The highest BCUT2D eigenvalue weighted by molar-refractivity contribution is 6.07. The summed E-state index contributed by atoms with van der Waals surface area (Å²) in [5, 5.41) is 14.4. The van der Waals surface area contributed by atoms with Gasteiger partial charge in [-0.15, -0.1) is 5.10 Å². The number of nitrogens with zero attached hydrogens (tertiary/aromatic N) is 5. The molecule has 1 spiro atoms. The third-order valence-corrected chi connectivity index (χ3v) is 5.88. The van der Waals surface area contributed by atoms with E-state index in [-0.39, 0.29) is 17.9 Å². The molecular weight excluding hydrogens is 344 g/mol. The van der Waals surface area contributed by atoms with E-state index in [1.807, 2.05) is 36.1 Å². The van der Waals surface area contributed by atoms with Crippen molar-refractivity contribution in [2.24, 2.45) is 0 Å². The van der Waals surface area contributed by atoms with Gasteiger partial charge in [-0.3, -0.25) is 9.59 Å². The van der Waals surface area contributed by atoms with E-state index in [4.69, 9.17) is 0 Å². The quantitative estimate of drug-likeness (QED) is 0.866. The second-order valence-electron chi connectivity index (χ2n) is 7.31. The van der Waals surface area contributed by atoms with Crippen LogP contribution in [0.15, 0.2) is 24.3 Å². The number of para-hydroxylation sites is 1. The van der Waals surface area contributed by atoms with Crippen molar-refractivity contribution in [2.75, 3.05) is 11.9 Å². The molecule has 2 atom stereocenters. The van der Waals surface area contributed by atoms with Crippen LogP contribution in [0.3, 0.4) is 0 Å². The minimum Gasteiger partial charge on any atom is -0.338 e. The monoisotopic (exact) mass is 368 g/mol. The van der Waals surface area contributed by atoms with Crippen LogP contribution in [-0.2, 0) is 21.5 Å². The van der Waals surface area contributed by atoms with E-state index in [9.17, 15) is 9.59 Å². The van der Waals surface area contributed by atoms with Gasteiger partial charge in [-0.1, -0.05) is 31.5 Å². The van der Waals surface area contributed by atoms with Crippen molar-refractivity contribution in [3.63, 3.8) is 0 Å². The van der Waals surface area contributed by atoms with Gasteiger partial charge in [0.25, 0.3) is 0 Å². The minimum atomic E-state index is -0.632. The average Bonchev–Trinajstić information content (AvgIpc) is 3.32. The number of nitrogens with one attached hydrogen (secondary N) is 1. The topological polar surface area (TPSA) is 93.0 Å². The third-order valence-electron chi connectivity index (χ3n) is 5.88. The summed E-state index contributed by atoms with van der Waals surface area (Å²) in [5.41, 5.74) is 1.27. The Hall–Kier alpha value is -2.77. The summed E-state index contributed by atoms with van der Waals surface area (Å²) in [6, 6.07) is 7.74. The van der Waals surface area contributed by atoms with Gasteiger partial charge in [-0.25, -0.2) is 4.68 Å². The summed E-state index contributed by atoms with van der Waals surface area (Å²) in [7, 11) is 0. The molecule has 1 fully saturated rings. The van der Waals surface area contributed by atoms with Gasteiger partial charge in [0.2, 0.25) is 11.8 Å². The SMILES string of the molecule is CCC[C@@H]1N(C(=O)CCn2nnnc2C)CC[C@]12C(=O)Nc1ccccc12. The lowest BCUT2D eigenvalue weighted by Crippen LogP contribution is -2.48. The van der Waals surface area contributed by atoms with Crippen molar-refractivity contribution >= 4 is 17.5 Å². The van der Waals surface area contributed by atoms with Crippen molar-refractivity contribution in [1.29, 1.82) is 0 Å². The van der Waals surface area contributed by atoms with Crippen LogP contribution < -0.4 is 5.32 Å². The summed E-state index contributed by atoms with van der Waals surface area (Å²) < 4.78 is 1.64. The number of hydrogen-bond acceptors (Lipinski definition) is 5. The van der Waals surface area contributed by atoms with Crippen molar-refractivity contribution in [2.45, 2.75) is 57.5 Å². The molecule has 142 valence electrons. The Bertz CT molecular complexity index is 879. The maximum absolute atomic E-state index is 13.0. The molecule has 2 aliphatic heterocycles. The summed E-state index contributed by atoms with van der Waals surface area (Å²) in [6.07, 6.45) is 2.71. The van der Waals surface area contributed by atoms with E-state index in [0.717, 1.165) is 24.1 Å². The predicted molar refractivity (Wildman–Crippen MR) is 98.9 cm³/mol. The maximum Gasteiger partial charge on any atom is 0.237 e. The number of likely N-dealkylation sites (tertiary alicyclic amines) is 1. The first-order chi connectivity index (χ1) is 13.1. The Morgan fingerprint density at radius 3 is 2.93 bits per heavy atom. The van der Waals surface area contributed by atoms with Gasteiger partial charge in [-0.2, -0.15) is 0 Å². The number of amides is 2. The number of aryl methyl sites for hydroxylation is 2. The molecule has 0 saturated carbocycles. The molecule has 0 bridgehead atoms. The van der Waals surface area contributed by atoms with Gasteiger partial charge in [0.15, 0.2) is 0 Å². The molecule has 2 amide bonds. The van der Waals surface area contributed by atoms with Gasteiger partial charge in [0, 0.05) is 18.7 Å². The van der Waals surface area contributed by atoms with Crippen molar-refractivity contribution in [3.8, 4) is 0 Å². The first-order valence-electron chi connectivity index (χ1n) is 9.51. The molecule has 4 rings (SSSR count). The van der Waals surface area contributed by atoms with Gasteiger partial charge in [0.1, 0.15) is 5.82 Å². The highest BCUT2D eigenvalue weighted by Gasteiger charge is 2.58. The molecule has 1 N–H and O–H groups in total. The zero-order chi connectivity index (χ0) is 19.0. The van der Waals surface area contributed by atoms with E-state index in [0.29, 0.717) is 31.8 Å². The number of anilines is 1. The number of tetrazole rings is 1. The Morgan fingerprint density at radius 2 is 2.19 bits per heavy atom. The number of rotatable bonds is 5. The summed E-state index contributed by atoms with van der Waals surface area (Å²) in [5.74, 6) is 0.765. The van der Waals surface area contributed by atoms with Crippen LogP contribution >= 0.6 is 0 Å². The zero-order valence-corrected chi connectivity index (χ0v) is 15.7. The summed E-state index contributed by atoms with van der Waals surface area (Å²) >= 11 is 0. The van der Waals surface area contributed by atoms with Crippen LogP contribution in [0.25, 0.3) is 0 Å². The van der Waals surface area contributed by atoms with Crippen LogP contribution in [0.2, 0.25) is 0 Å². The minimum absolute atomic E-state index is 0.0220. The fraction of sp³-hybridized carbons (Fsp3) is 0.526. The Balaban J connectivity index is 1.59. The van der Waals surface area contributed by atoms with Crippen LogP contribution in [-0.4, -0.2) is 49.5 Å². The molecule has 1 saturated heterocycles. The number of fused-ring (bicyclic) bond motifs is 2. The highest BCUT2D eigenvalue weighted by Crippen LogP contribution is 2.49. The van der Waals surface area contributed by atoms with E-state index >= 15 is 0 Å². The predicted octanol–water partition coefficient (Wildman–Crippen LogP) is 1.66. The number of aromatic nitrogens is 4. The molecule has 27 heavy (non-hydrogen) atoms. The van der Waals surface area contributed by atoms with E-state index in [2.05, 4.69) is 27.8 Å². The molecular formula is C19H24N6O2. The smallest absolute Gasteiger partial charge is 0.237 e. The molecule has 3 heterocycles. The van der Waals surface area contributed by atoms with Crippen molar-refractivity contribution in [1.82, 2.24) is 25.1 Å². The average molecular weight is 368 g/mol. The van der Waals surface area contributed by atoms with E-state index in [1.54, 1.807) is 4.68 Å². The molecule has 8 nitrogen and oxygen atoms in total. The lowest BCUT2D eigenvalue weighted by atomic mass is 9.73. The molecule has 2 aromatic rings. The largest absolute Gasteiger partial charge is 0.338 e. The van der Waals surface area contributed by atoms with Crippen LogP contribution in [0.4, 0.5) is 5.69 Å². The molecule has 0 radical (unpaired) electrons. The first kappa shape index (κ1) is 17.6. The zero-order valence-electron chi connectivity index (χ0n) is 15.7. The number of benzene rings is 1. The molecule has 1 aromatic carbocycles. The third kappa shape index (κ3) is 2.70. The number of carbonyl (C=O) groups excluding carboxylic acids is 2. The van der Waals surface area contributed by atoms with Gasteiger partial charge in [0.05, 0.1) is 18.0 Å². The van der Waals surface area contributed by atoms with E-state index in [1.165, 1.54) is 0 Å². The Kier molecular flexibility index (Phi) is 4.41. The van der Waals surface area contributed by atoms with Gasteiger partial charge in [-0.05, 0) is 41.8 Å². The standard InChI is InChI=1S/C19H24N6O2/c1-3-6-16-19(14-7-4-5-8-15(14)20-18(19)27)10-12-24(16)17(26)9-11-25-13(2)21-22-23-25/h4-5,7-8,16H,3,6,9-12H2,1-2H3,(H,20,27)/t16-,19+/m0/s1. The normalized spacial score (nSPS) is 23.7. The van der Waals surface area contributed by atoms with E-state index < -0.39 is 5.41 Å². The lowest BCUT2D eigenvalue weighted by molar-refractivity contribution is -0.133. The van der Waals surface area contributed by atoms with Gasteiger partial charge < -0.3 is 10.2 Å². The first-order valence-corrected chi connectivity index (χ1v) is 9.51. The van der Waals surface area contributed by atoms with Crippen LogP contribution in [0.1, 0.15) is 44.0 Å². The summed E-state index contributed by atoms with van der Waals surface area (Å²) in [4.78, 5) is 27.9. The molecule has 2 aliphatic rings. The summed E-state index contributed by atoms with van der Waals surface area (Å²) in [6.45, 7) is 4.95. The van der Waals surface area contributed by atoms with Crippen LogP contribution in [0.5, 0.6) is 0 Å². The lowest BCUT2D eigenvalue weighted by Gasteiger charge is -2.34. The second kappa shape index (κ2) is 6.75. The molecule has 1 aromatic heterocycles. The fourth-order valence-electron chi connectivity index (χ4n) is 4.58. The molecule has 8 heteroatoms. The molecule has 0 unspecified atom stereocenters. The van der Waals surface area contributed by atoms with Gasteiger partial charge >= 0.3 is 0 Å². The maximum atomic E-state index is 13.0. The fourth-order valence-corrected chi connectivity index (χ4v) is 4.58. The number of carbonyl (C=O) groups is 2. The number of hydrogen-bond donors (Lipinski definition) is 1. The van der Waals surface area contributed by atoms with Crippen molar-refractivity contribution < 1.29 is 9.59 Å². The van der Waals surface area contributed by atoms with Crippen molar-refractivity contribution in [3.05, 3.63) is 35.7 Å².